The Labute approximate surface area is 178 Å². The highest BCUT2D eigenvalue weighted by Crippen LogP contribution is 2.21. The number of carbonyl (C=O) groups excluding carboxylic acids is 2. The van der Waals surface area contributed by atoms with E-state index < -0.39 is 0 Å². The molecule has 160 valence electrons. The fourth-order valence-electron chi connectivity index (χ4n) is 3.62. The minimum absolute atomic E-state index is 0.0900. The molecule has 2 amide bonds. The molecule has 2 aromatic rings. The Kier molecular flexibility index (Phi) is 7.15. The van der Waals surface area contributed by atoms with Crippen molar-refractivity contribution in [3.8, 4) is 0 Å². The van der Waals surface area contributed by atoms with Crippen molar-refractivity contribution in [1.29, 1.82) is 0 Å². The van der Waals surface area contributed by atoms with E-state index in [9.17, 15) is 9.59 Å². The number of aromatic nitrogens is 2. The maximum absolute atomic E-state index is 12.4. The van der Waals surface area contributed by atoms with Gasteiger partial charge in [-0.3, -0.25) is 24.5 Å². The average molecular weight is 410 g/mol. The lowest BCUT2D eigenvalue weighted by molar-refractivity contribution is -0.128. The van der Waals surface area contributed by atoms with Crippen LogP contribution < -0.4 is 10.6 Å². The molecule has 1 aliphatic heterocycles. The van der Waals surface area contributed by atoms with Crippen molar-refractivity contribution >= 4 is 17.5 Å². The normalized spacial score (nSPS) is 15.6. The van der Waals surface area contributed by atoms with Crippen LogP contribution in [0.2, 0.25) is 0 Å². The van der Waals surface area contributed by atoms with E-state index in [4.69, 9.17) is 0 Å². The molecule has 0 aliphatic carbocycles. The third-order valence-electron chi connectivity index (χ3n) is 5.03. The van der Waals surface area contributed by atoms with Crippen molar-refractivity contribution in [3.63, 3.8) is 0 Å². The van der Waals surface area contributed by atoms with Gasteiger partial charge in [0.05, 0.1) is 12.1 Å². The summed E-state index contributed by atoms with van der Waals surface area (Å²) < 4.78 is 0. The summed E-state index contributed by atoms with van der Waals surface area (Å²) in [5, 5.41) is 6.02. The van der Waals surface area contributed by atoms with Crippen LogP contribution in [0.25, 0.3) is 0 Å². The van der Waals surface area contributed by atoms with Crippen LogP contribution >= 0.6 is 0 Å². The quantitative estimate of drug-likeness (QED) is 0.766. The molecular weight excluding hydrogens is 378 g/mol. The molecular formula is C23H31N5O2. The number of hydrogen-bond acceptors (Lipinski definition) is 5. The van der Waals surface area contributed by atoms with Gasteiger partial charge in [-0.2, -0.15) is 0 Å². The fourth-order valence-corrected chi connectivity index (χ4v) is 3.62. The first-order chi connectivity index (χ1) is 14.3. The highest BCUT2D eigenvalue weighted by Gasteiger charge is 2.27. The third-order valence-corrected chi connectivity index (χ3v) is 5.03. The predicted molar refractivity (Wildman–Crippen MR) is 117 cm³/mol. The molecule has 30 heavy (non-hydrogen) atoms. The largest absolute Gasteiger partial charge is 0.351 e. The topological polar surface area (TPSA) is 87.2 Å². The highest BCUT2D eigenvalue weighted by molar-refractivity contribution is 5.92. The summed E-state index contributed by atoms with van der Waals surface area (Å²) >= 11 is 0. The lowest BCUT2D eigenvalue weighted by Crippen LogP contribution is -2.46. The Morgan fingerprint density at radius 3 is 2.60 bits per heavy atom. The molecule has 1 aromatic heterocycles. The van der Waals surface area contributed by atoms with Crippen molar-refractivity contribution < 1.29 is 9.59 Å². The molecule has 0 bridgehead atoms. The number of rotatable bonds is 6. The van der Waals surface area contributed by atoms with E-state index in [-0.39, 0.29) is 29.7 Å². The van der Waals surface area contributed by atoms with Crippen molar-refractivity contribution in [2.75, 3.05) is 18.4 Å². The smallest absolute Gasteiger partial charge is 0.230 e. The van der Waals surface area contributed by atoms with Crippen molar-refractivity contribution in [2.24, 2.45) is 5.92 Å². The number of benzene rings is 1. The molecule has 1 fully saturated rings. The van der Waals surface area contributed by atoms with E-state index in [1.165, 1.54) is 0 Å². The zero-order valence-corrected chi connectivity index (χ0v) is 18.0. The second kappa shape index (κ2) is 9.80. The van der Waals surface area contributed by atoms with Gasteiger partial charge in [0.1, 0.15) is 0 Å². The Balaban J connectivity index is 1.49. The summed E-state index contributed by atoms with van der Waals surface area (Å²) in [5.74, 6) is 0.139. The Hall–Kier alpha value is -2.80. The summed E-state index contributed by atoms with van der Waals surface area (Å²) in [5.41, 5.74) is 2.38. The molecule has 2 N–H and O–H groups in total. The molecule has 0 spiro atoms. The van der Waals surface area contributed by atoms with E-state index in [1.54, 1.807) is 18.6 Å². The predicted octanol–water partition coefficient (Wildman–Crippen LogP) is 2.78. The van der Waals surface area contributed by atoms with Crippen molar-refractivity contribution in [2.45, 2.75) is 52.1 Å². The minimum Gasteiger partial charge on any atom is -0.351 e. The molecule has 0 unspecified atom stereocenters. The van der Waals surface area contributed by atoms with Gasteiger partial charge in [-0.05, 0) is 64.4 Å². The van der Waals surface area contributed by atoms with E-state index in [0.717, 1.165) is 43.7 Å². The molecule has 7 nitrogen and oxygen atoms in total. The number of nitrogens with one attached hydrogen (secondary N) is 2. The van der Waals surface area contributed by atoms with Crippen LogP contribution in [0.4, 0.5) is 5.69 Å². The molecule has 0 atom stereocenters. The third kappa shape index (κ3) is 6.91. The van der Waals surface area contributed by atoms with Gasteiger partial charge in [-0.1, -0.05) is 12.1 Å². The van der Waals surface area contributed by atoms with E-state index in [0.29, 0.717) is 5.69 Å². The number of hydrogen-bond donors (Lipinski definition) is 2. The van der Waals surface area contributed by atoms with Crippen LogP contribution in [0.1, 0.15) is 44.9 Å². The number of nitrogens with zero attached hydrogens (tertiary/aromatic N) is 3. The Bertz CT molecular complexity index is 855. The van der Waals surface area contributed by atoms with Crippen LogP contribution in [-0.4, -0.2) is 45.3 Å². The standard InChI is InChI=1S/C23H31N5O2/c1-23(2,3)27-22(30)18-7-11-28(12-8-18)16-17-5-4-6-19(13-17)26-21(29)14-20-15-24-9-10-25-20/h4-6,9-10,13,15,18H,7-8,11-12,14,16H2,1-3H3,(H,26,29)(H,27,30). The van der Waals surface area contributed by atoms with Crippen LogP contribution in [0.3, 0.4) is 0 Å². The number of anilines is 1. The fraction of sp³-hybridized carbons (Fsp3) is 0.478. The van der Waals surface area contributed by atoms with Crippen molar-refractivity contribution in [1.82, 2.24) is 20.2 Å². The highest BCUT2D eigenvalue weighted by atomic mass is 16.2. The molecule has 1 aliphatic rings. The summed E-state index contributed by atoms with van der Waals surface area (Å²) in [6.45, 7) is 8.63. The first kappa shape index (κ1) is 21.9. The minimum atomic E-state index is -0.188. The summed E-state index contributed by atoms with van der Waals surface area (Å²) in [7, 11) is 0. The Morgan fingerprint density at radius 2 is 1.93 bits per heavy atom. The number of piperidine rings is 1. The second-order valence-corrected chi connectivity index (χ2v) is 8.91. The van der Waals surface area contributed by atoms with Crippen molar-refractivity contribution in [3.05, 3.63) is 54.1 Å². The lowest BCUT2D eigenvalue weighted by Gasteiger charge is -2.33. The molecule has 1 aromatic carbocycles. The molecule has 0 saturated carbocycles. The van der Waals surface area contributed by atoms with Crippen LogP contribution in [-0.2, 0) is 22.6 Å². The molecule has 1 saturated heterocycles. The van der Waals surface area contributed by atoms with E-state index >= 15 is 0 Å². The van der Waals surface area contributed by atoms with Crippen LogP contribution in [0.5, 0.6) is 0 Å². The molecule has 2 heterocycles. The summed E-state index contributed by atoms with van der Waals surface area (Å²) in [6.07, 6.45) is 6.71. The molecule has 7 heteroatoms. The first-order valence-corrected chi connectivity index (χ1v) is 10.5. The monoisotopic (exact) mass is 409 g/mol. The van der Waals surface area contributed by atoms with E-state index in [1.807, 2.05) is 39.0 Å². The SMILES string of the molecule is CC(C)(C)NC(=O)C1CCN(Cc2cccc(NC(=O)Cc3cnccn3)c2)CC1. The number of amides is 2. The Morgan fingerprint density at radius 1 is 1.17 bits per heavy atom. The maximum Gasteiger partial charge on any atom is 0.230 e. The van der Waals surface area contributed by atoms with Crippen LogP contribution in [0.15, 0.2) is 42.9 Å². The van der Waals surface area contributed by atoms with E-state index in [2.05, 4.69) is 31.6 Å². The summed E-state index contributed by atoms with van der Waals surface area (Å²) in [6, 6.07) is 7.92. The van der Waals surface area contributed by atoms with Gasteiger partial charge in [0, 0.05) is 42.3 Å². The second-order valence-electron chi connectivity index (χ2n) is 8.91. The lowest BCUT2D eigenvalue weighted by atomic mass is 9.94. The van der Waals surface area contributed by atoms with Crippen LogP contribution in [0, 0.1) is 5.92 Å². The zero-order valence-electron chi connectivity index (χ0n) is 18.0. The van der Waals surface area contributed by atoms with Gasteiger partial charge >= 0.3 is 0 Å². The van der Waals surface area contributed by atoms with Gasteiger partial charge in [-0.25, -0.2) is 0 Å². The average Bonchev–Trinajstić information content (AvgIpc) is 2.68. The molecule has 3 rings (SSSR count). The molecule has 0 radical (unpaired) electrons. The number of carbonyl (C=O) groups is 2. The zero-order chi connectivity index (χ0) is 21.6. The van der Waals surface area contributed by atoms with Gasteiger partial charge < -0.3 is 10.6 Å². The first-order valence-electron chi connectivity index (χ1n) is 10.5. The summed E-state index contributed by atoms with van der Waals surface area (Å²) in [4.78, 5) is 35.1. The van der Waals surface area contributed by atoms with Gasteiger partial charge in [0.25, 0.3) is 0 Å². The van der Waals surface area contributed by atoms with Gasteiger partial charge in [0.2, 0.25) is 11.8 Å². The maximum atomic E-state index is 12.4. The van der Waals surface area contributed by atoms with Gasteiger partial charge in [-0.15, -0.1) is 0 Å². The van der Waals surface area contributed by atoms with Gasteiger partial charge in [0.15, 0.2) is 0 Å². The number of likely N-dealkylation sites (tertiary alicyclic amines) is 1.